The lowest BCUT2D eigenvalue weighted by molar-refractivity contribution is -0.149. The molecule has 0 N–H and O–H groups in total. The van der Waals surface area contributed by atoms with Gasteiger partial charge >= 0.3 is 5.97 Å². The van der Waals surface area contributed by atoms with Gasteiger partial charge in [-0.2, -0.15) is 0 Å². The first-order chi connectivity index (χ1) is 14.8. The molecule has 4 rings (SSSR count). The third-order valence-corrected chi connectivity index (χ3v) is 7.45. The number of esters is 1. The minimum absolute atomic E-state index is 0.120. The number of Topliss-reactive ketones (excluding diaryl/α,β-unsaturated/α-hetero) is 1. The lowest BCUT2D eigenvalue weighted by Gasteiger charge is -2.11. The summed E-state index contributed by atoms with van der Waals surface area (Å²) in [5.41, 5.74) is 2.25. The van der Waals surface area contributed by atoms with Crippen molar-refractivity contribution < 1.29 is 22.7 Å². The maximum absolute atomic E-state index is 13.3. The number of hydrogen-bond donors (Lipinski definition) is 0. The third kappa shape index (κ3) is 3.81. The van der Waals surface area contributed by atoms with Crippen molar-refractivity contribution in [1.82, 2.24) is 3.97 Å². The minimum atomic E-state index is -3.78. The Labute approximate surface area is 181 Å². The predicted octanol–water partition coefficient (Wildman–Crippen LogP) is 3.97. The topological polar surface area (TPSA) is 82.4 Å². The fraction of sp³-hybridized carbons (Fsp3) is 0.250. The number of hydrogen-bond acceptors (Lipinski definition) is 5. The van der Waals surface area contributed by atoms with Gasteiger partial charge in [-0.25, -0.2) is 12.4 Å². The van der Waals surface area contributed by atoms with E-state index in [0.717, 1.165) is 10.9 Å². The number of ether oxygens (including phenoxy) is 1. The number of rotatable bonds is 5. The molecule has 1 aromatic heterocycles. The molecule has 2 aromatic carbocycles. The zero-order chi connectivity index (χ0) is 22.2. The third-order valence-electron chi connectivity index (χ3n) is 5.76. The number of carbonyl (C=O) groups is 2. The molecule has 31 heavy (non-hydrogen) atoms. The van der Waals surface area contributed by atoms with E-state index in [4.69, 9.17) is 4.74 Å². The summed E-state index contributed by atoms with van der Waals surface area (Å²) in [6.45, 7) is 1.90. The number of benzene rings is 2. The maximum Gasteiger partial charge on any atom is 0.316 e. The van der Waals surface area contributed by atoms with Crippen molar-refractivity contribution >= 4 is 38.8 Å². The second-order valence-corrected chi connectivity index (χ2v) is 9.56. The van der Waals surface area contributed by atoms with Gasteiger partial charge in [-0.1, -0.05) is 48.0 Å². The molecule has 2 atom stereocenters. The molecule has 1 saturated carbocycles. The molecule has 0 saturated heterocycles. The second kappa shape index (κ2) is 8.15. The monoisotopic (exact) mass is 437 g/mol. The van der Waals surface area contributed by atoms with Gasteiger partial charge in [0.05, 0.1) is 17.5 Å². The Kier molecular flexibility index (Phi) is 5.54. The van der Waals surface area contributed by atoms with E-state index in [1.54, 1.807) is 48.7 Å². The number of fused-ring (bicyclic) bond motifs is 1. The SMILES string of the molecule is COC(=O)[C@H]1C(=O)CC[C@@H]1/C=C/c1cn(S(=O)(=O)c2ccc(C)cc2)c2ccccc12. The van der Waals surface area contributed by atoms with Crippen LogP contribution in [0.2, 0.25) is 0 Å². The Morgan fingerprint density at radius 1 is 1.13 bits per heavy atom. The molecule has 0 unspecified atom stereocenters. The van der Waals surface area contributed by atoms with Gasteiger partial charge in [0.25, 0.3) is 10.0 Å². The van der Waals surface area contributed by atoms with Gasteiger partial charge in [0.1, 0.15) is 11.7 Å². The molecule has 0 radical (unpaired) electrons. The first kappa shape index (κ1) is 21.1. The number of aryl methyl sites for hydroxylation is 1. The van der Waals surface area contributed by atoms with Crippen LogP contribution in [-0.2, 0) is 24.3 Å². The van der Waals surface area contributed by atoms with Crippen LogP contribution in [0.4, 0.5) is 0 Å². The van der Waals surface area contributed by atoms with Crippen LogP contribution in [0.1, 0.15) is 24.0 Å². The van der Waals surface area contributed by atoms with Crippen molar-refractivity contribution in [3.05, 3.63) is 71.9 Å². The number of aromatic nitrogens is 1. The van der Waals surface area contributed by atoms with Gasteiger partial charge in [-0.3, -0.25) is 9.59 Å². The molecule has 3 aromatic rings. The highest BCUT2D eigenvalue weighted by atomic mass is 32.2. The molecule has 1 aliphatic carbocycles. The van der Waals surface area contributed by atoms with E-state index < -0.39 is 21.9 Å². The normalized spacial score (nSPS) is 19.4. The van der Waals surface area contributed by atoms with Gasteiger partial charge in [0.15, 0.2) is 0 Å². The summed E-state index contributed by atoms with van der Waals surface area (Å²) < 4.78 is 32.6. The Bertz CT molecular complexity index is 1290. The molecule has 1 aliphatic rings. The van der Waals surface area contributed by atoms with Crippen LogP contribution in [0.3, 0.4) is 0 Å². The lowest BCUT2D eigenvalue weighted by atomic mass is 9.94. The molecule has 1 heterocycles. The predicted molar refractivity (Wildman–Crippen MR) is 118 cm³/mol. The van der Waals surface area contributed by atoms with E-state index in [9.17, 15) is 18.0 Å². The summed E-state index contributed by atoms with van der Waals surface area (Å²) in [5, 5.41) is 0.772. The molecule has 0 spiro atoms. The van der Waals surface area contributed by atoms with Crippen LogP contribution >= 0.6 is 0 Å². The van der Waals surface area contributed by atoms with Gasteiger partial charge in [0.2, 0.25) is 0 Å². The number of para-hydroxylation sites is 1. The Hall–Kier alpha value is -3.19. The van der Waals surface area contributed by atoms with Crippen LogP contribution in [-0.4, -0.2) is 31.3 Å². The van der Waals surface area contributed by atoms with Gasteiger partial charge < -0.3 is 4.74 Å². The zero-order valence-corrected chi connectivity index (χ0v) is 18.1. The smallest absolute Gasteiger partial charge is 0.316 e. The Balaban J connectivity index is 1.76. The standard InChI is InChI=1S/C24H23NO5S/c1-16-7-12-19(13-8-16)31(28,29)25-15-18(20-5-3-4-6-21(20)25)10-9-17-11-14-22(26)23(17)24(27)30-2/h3-10,12-13,15,17,23H,11,14H2,1-2H3/b10-9+/t17-,23+/m0/s1. The van der Waals surface area contributed by atoms with Crippen molar-refractivity contribution in [1.29, 1.82) is 0 Å². The molecular weight excluding hydrogens is 414 g/mol. The van der Waals surface area contributed by atoms with Crippen LogP contribution < -0.4 is 0 Å². The zero-order valence-electron chi connectivity index (χ0n) is 17.3. The second-order valence-electron chi connectivity index (χ2n) is 7.74. The number of carbonyl (C=O) groups excluding carboxylic acids is 2. The van der Waals surface area contributed by atoms with Gasteiger partial charge in [0, 0.05) is 23.6 Å². The first-order valence-corrected chi connectivity index (χ1v) is 11.5. The van der Waals surface area contributed by atoms with Crippen LogP contribution in [0, 0.1) is 18.8 Å². The lowest BCUT2D eigenvalue weighted by Crippen LogP contribution is -2.25. The molecule has 0 amide bonds. The Morgan fingerprint density at radius 3 is 2.55 bits per heavy atom. The summed E-state index contributed by atoms with van der Waals surface area (Å²) >= 11 is 0. The maximum atomic E-state index is 13.3. The minimum Gasteiger partial charge on any atom is -0.468 e. The highest BCUT2D eigenvalue weighted by Gasteiger charge is 2.39. The van der Waals surface area contributed by atoms with Crippen molar-refractivity contribution in [2.75, 3.05) is 7.11 Å². The summed E-state index contributed by atoms with van der Waals surface area (Å²) in [5.74, 6) is -1.71. The van der Waals surface area contributed by atoms with Crippen molar-refractivity contribution in [2.24, 2.45) is 11.8 Å². The summed E-state index contributed by atoms with van der Waals surface area (Å²) in [6, 6.07) is 14.0. The number of ketones is 1. The summed E-state index contributed by atoms with van der Waals surface area (Å²) in [6.07, 6.45) is 6.09. The molecular formula is C24H23NO5S. The van der Waals surface area contributed by atoms with Crippen molar-refractivity contribution in [3.63, 3.8) is 0 Å². The average Bonchev–Trinajstić information content (AvgIpc) is 3.33. The molecule has 1 fully saturated rings. The molecule has 0 aliphatic heterocycles. The number of allylic oxidation sites excluding steroid dienone is 1. The molecule has 6 nitrogen and oxygen atoms in total. The van der Waals surface area contributed by atoms with Crippen molar-refractivity contribution in [3.8, 4) is 0 Å². The fourth-order valence-corrected chi connectivity index (χ4v) is 5.45. The van der Waals surface area contributed by atoms with Crippen LogP contribution in [0.15, 0.2) is 65.7 Å². The highest BCUT2D eigenvalue weighted by Crippen LogP contribution is 2.33. The van der Waals surface area contributed by atoms with E-state index in [0.29, 0.717) is 23.9 Å². The van der Waals surface area contributed by atoms with E-state index in [2.05, 4.69) is 0 Å². The van der Waals surface area contributed by atoms with E-state index in [1.165, 1.54) is 11.1 Å². The number of nitrogens with zero attached hydrogens (tertiary/aromatic N) is 1. The number of methoxy groups -OCH3 is 1. The van der Waals surface area contributed by atoms with E-state index in [1.807, 2.05) is 25.1 Å². The Morgan fingerprint density at radius 2 is 1.84 bits per heavy atom. The van der Waals surface area contributed by atoms with Gasteiger partial charge in [-0.15, -0.1) is 0 Å². The van der Waals surface area contributed by atoms with Crippen LogP contribution in [0.5, 0.6) is 0 Å². The largest absolute Gasteiger partial charge is 0.468 e. The fourth-order valence-electron chi connectivity index (χ4n) is 4.07. The molecule has 0 bridgehead atoms. The summed E-state index contributed by atoms with van der Waals surface area (Å²) in [4.78, 5) is 24.3. The molecule has 7 heteroatoms. The summed E-state index contributed by atoms with van der Waals surface area (Å²) in [7, 11) is -2.51. The van der Waals surface area contributed by atoms with Crippen molar-refractivity contribution in [2.45, 2.75) is 24.7 Å². The highest BCUT2D eigenvalue weighted by molar-refractivity contribution is 7.90. The van der Waals surface area contributed by atoms with E-state index >= 15 is 0 Å². The van der Waals surface area contributed by atoms with Gasteiger partial charge in [-0.05, 0) is 37.5 Å². The van der Waals surface area contributed by atoms with Crippen LogP contribution in [0.25, 0.3) is 17.0 Å². The van der Waals surface area contributed by atoms with E-state index in [-0.39, 0.29) is 16.6 Å². The molecule has 160 valence electrons. The quantitative estimate of drug-likeness (QED) is 0.446. The average molecular weight is 438 g/mol. The first-order valence-electron chi connectivity index (χ1n) is 10.0.